The Morgan fingerprint density at radius 1 is 0.950 bits per heavy atom. The summed E-state index contributed by atoms with van der Waals surface area (Å²) in [4.78, 5) is 28.2. The zero-order valence-electron chi connectivity index (χ0n) is 13.0. The lowest BCUT2D eigenvalue weighted by Gasteiger charge is -2.19. The number of amides is 1. The number of hydroxylamine groups is 1. The van der Waals surface area contributed by atoms with Gasteiger partial charge in [-0.25, -0.2) is 4.79 Å². The van der Waals surface area contributed by atoms with Gasteiger partial charge in [0, 0.05) is 5.56 Å². The van der Waals surface area contributed by atoms with Crippen molar-refractivity contribution in [3.8, 4) is 0 Å². The molecule has 1 rings (SSSR count). The quantitative estimate of drug-likeness (QED) is 0.802. The van der Waals surface area contributed by atoms with Crippen molar-refractivity contribution in [2.75, 3.05) is 0 Å². The van der Waals surface area contributed by atoms with E-state index in [4.69, 9.17) is 4.84 Å². The molecule has 4 nitrogen and oxygen atoms in total. The fourth-order valence-corrected chi connectivity index (χ4v) is 1.43. The summed E-state index contributed by atoms with van der Waals surface area (Å²) >= 11 is 0. The molecule has 110 valence electrons. The number of hydrogen-bond donors (Lipinski definition) is 1. The van der Waals surface area contributed by atoms with Gasteiger partial charge in [-0.05, 0) is 43.9 Å². The largest absolute Gasteiger partial charge is 0.340 e. The highest BCUT2D eigenvalue weighted by Crippen LogP contribution is 2.22. The third kappa shape index (κ3) is 4.37. The maximum absolute atomic E-state index is 11.8. The minimum Gasteiger partial charge on any atom is -0.340 e. The van der Waals surface area contributed by atoms with E-state index in [-0.39, 0.29) is 5.41 Å². The van der Waals surface area contributed by atoms with Crippen LogP contribution in [0.4, 0.5) is 0 Å². The van der Waals surface area contributed by atoms with Gasteiger partial charge in [0.2, 0.25) is 0 Å². The Kier molecular flexibility index (Phi) is 4.58. The van der Waals surface area contributed by atoms with Crippen LogP contribution in [0.15, 0.2) is 24.3 Å². The zero-order valence-corrected chi connectivity index (χ0v) is 13.0. The molecule has 0 unspecified atom stereocenters. The van der Waals surface area contributed by atoms with Crippen LogP contribution in [0.2, 0.25) is 0 Å². The van der Waals surface area contributed by atoms with Crippen LogP contribution in [0.25, 0.3) is 0 Å². The SMILES string of the molecule is CC(C)(C)C(=O)ONC(=O)c1ccc(C(C)(C)C)cc1. The van der Waals surface area contributed by atoms with Crippen molar-refractivity contribution in [2.45, 2.75) is 47.0 Å². The van der Waals surface area contributed by atoms with Crippen LogP contribution < -0.4 is 5.48 Å². The summed E-state index contributed by atoms with van der Waals surface area (Å²) in [6.45, 7) is 11.5. The fourth-order valence-electron chi connectivity index (χ4n) is 1.43. The van der Waals surface area contributed by atoms with E-state index < -0.39 is 17.3 Å². The van der Waals surface area contributed by atoms with E-state index in [9.17, 15) is 9.59 Å². The third-order valence-electron chi connectivity index (χ3n) is 2.86. The molecule has 1 N–H and O–H groups in total. The molecule has 0 heterocycles. The predicted octanol–water partition coefficient (Wildman–Crippen LogP) is 3.22. The summed E-state index contributed by atoms with van der Waals surface area (Å²) in [6.07, 6.45) is 0. The fraction of sp³-hybridized carbons (Fsp3) is 0.500. The molecule has 1 amide bonds. The summed E-state index contributed by atoms with van der Waals surface area (Å²) < 4.78 is 0. The average molecular weight is 277 g/mol. The van der Waals surface area contributed by atoms with Crippen molar-refractivity contribution in [1.82, 2.24) is 5.48 Å². The summed E-state index contributed by atoms with van der Waals surface area (Å²) in [6, 6.07) is 7.25. The van der Waals surface area contributed by atoms with E-state index in [0.29, 0.717) is 5.56 Å². The first-order chi connectivity index (χ1) is 9.01. The van der Waals surface area contributed by atoms with Gasteiger partial charge in [0.05, 0.1) is 5.41 Å². The Morgan fingerprint density at radius 3 is 1.85 bits per heavy atom. The molecule has 0 atom stereocenters. The molecule has 0 aliphatic carbocycles. The average Bonchev–Trinajstić information content (AvgIpc) is 2.33. The number of rotatable bonds is 1. The molecule has 0 saturated carbocycles. The second kappa shape index (κ2) is 5.65. The maximum atomic E-state index is 11.8. The van der Waals surface area contributed by atoms with Crippen molar-refractivity contribution in [2.24, 2.45) is 5.41 Å². The van der Waals surface area contributed by atoms with E-state index in [1.54, 1.807) is 32.9 Å². The minimum atomic E-state index is -0.649. The highest BCUT2D eigenvalue weighted by molar-refractivity contribution is 5.94. The Balaban J connectivity index is 2.68. The van der Waals surface area contributed by atoms with Crippen LogP contribution in [0.1, 0.15) is 57.5 Å². The molecule has 0 bridgehead atoms. The van der Waals surface area contributed by atoms with E-state index >= 15 is 0 Å². The van der Waals surface area contributed by atoms with E-state index in [2.05, 4.69) is 26.3 Å². The number of hydrogen-bond acceptors (Lipinski definition) is 3. The Morgan fingerprint density at radius 2 is 1.45 bits per heavy atom. The summed E-state index contributed by atoms with van der Waals surface area (Å²) in [5.74, 6) is -0.903. The molecular weight excluding hydrogens is 254 g/mol. The molecule has 0 aliphatic rings. The minimum absolute atomic E-state index is 0.0354. The molecule has 0 spiro atoms. The van der Waals surface area contributed by atoms with Gasteiger partial charge >= 0.3 is 5.97 Å². The van der Waals surface area contributed by atoms with E-state index in [1.165, 1.54) is 0 Å². The van der Waals surface area contributed by atoms with Crippen LogP contribution in [-0.4, -0.2) is 11.9 Å². The van der Waals surface area contributed by atoms with E-state index in [0.717, 1.165) is 5.56 Å². The van der Waals surface area contributed by atoms with Crippen LogP contribution in [0.5, 0.6) is 0 Å². The predicted molar refractivity (Wildman–Crippen MR) is 78.2 cm³/mol. The van der Waals surface area contributed by atoms with Gasteiger partial charge in [-0.1, -0.05) is 32.9 Å². The van der Waals surface area contributed by atoms with Crippen molar-refractivity contribution in [1.29, 1.82) is 0 Å². The lowest BCUT2D eigenvalue weighted by molar-refractivity contribution is -0.158. The molecule has 1 aromatic rings. The van der Waals surface area contributed by atoms with Gasteiger partial charge in [0.25, 0.3) is 5.91 Å². The highest BCUT2D eigenvalue weighted by atomic mass is 16.7. The number of carbonyl (C=O) groups is 2. The number of benzene rings is 1. The Labute approximate surface area is 120 Å². The monoisotopic (exact) mass is 277 g/mol. The second-order valence-corrected chi connectivity index (χ2v) is 6.90. The van der Waals surface area contributed by atoms with E-state index in [1.807, 2.05) is 12.1 Å². The zero-order chi connectivity index (χ0) is 15.6. The molecule has 0 aromatic heterocycles. The smallest absolute Gasteiger partial charge is 0.337 e. The number of carbonyl (C=O) groups excluding carboxylic acids is 2. The molecule has 0 saturated heterocycles. The highest BCUT2D eigenvalue weighted by Gasteiger charge is 2.24. The Hall–Kier alpha value is -1.84. The third-order valence-corrected chi connectivity index (χ3v) is 2.86. The lowest BCUT2D eigenvalue weighted by Crippen LogP contribution is -2.33. The summed E-state index contributed by atoms with van der Waals surface area (Å²) in [7, 11) is 0. The number of nitrogens with one attached hydrogen (secondary N) is 1. The molecule has 0 radical (unpaired) electrons. The molecule has 0 fully saturated rings. The first-order valence-electron chi connectivity index (χ1n) is 6.64. The van der Waals surface area contributed by atoms with Crippen LogP contribution >= 0.6 is 0 Å². The van der Waals surface area contributed by atoms with Gasteiger partial charge < -0.3 is 4.84 Å². The molecule has 1 aromatic carbocycles. The standard InChI is InChI=1S/C16H23NO3/c1-15(2,3)12-9-7-11(8-10-12)13(18)17-20-14(19)16(4,5)6/h7-10H,1-6H3,(H,17,18). The van der Waals surface area contributed by atoms with Crippen LogP contribution in [0.3, 0.4) is 0 Å². The molecule has 4 heteroatoms. The van der Waals surface area contributed by atoms with Gasteiger partial charge in [-0.15, -0.1) is 0 Å². The normalized spacial score (nSPS) is 11.9. The lowest BCUT2D eigenvalue weighted by atomic mass is 9.87. The van der Waals surface area contributed by atoms with Crippen molar-refractivity contribution >= 4 is 11.9 Å². The van der Waals surface area contributed by atoms with Gasteiger partial charge in [-0.2, -0.15) is 5.48 Å². The summed E-state index contributed by atoms with van der Waals surface area (Å²) in [5.41, 5.74) is 3.16. The topological polar surface area (TPSA) is 55.4 Å². The van der Waals surface area contributed by atoms with Gasteiger partial charge in [0.1, 0.15) is 0 Å². The maximum Gasteiger partial charge on any atom is 0.337 e. The molecular formula is C16H23NO3. The van der Waals surface area contributed by atoms with Gasteiger partial charge in [-0.3, -0.25) is 4.79 Å². The van der Waals surface area contributed by atoms with Crippen molar-refractivity contribution in [3.63, 3.8) is 0 Å². The van der Waals surface area contributed by atoms with Gasteiger partial charge in [0.15, 0.2) is 0 Å². The summed E-state index contributed by atoms with van der Waals surface area (Å²) in [5, 5.41) is 0. The molecule has 0 aliphatic heterocycles. The first kappa shape index (κ1) is 16.2. The van der Waals surface area contributed by atoms with Crippen molar-refractivity contribution in [3.05, 3.63) is 35.4 Å². The second-order valence-electron chi connectivity index (χ2n) is 6.90. The first-order valence-corrected chi connectivity index (χ1v) is 6.64. The Bertz CT molecular complexity index is 490. The molecule has 20 heavy (non-hydrogen) atoms. The van der Waals surface area contributed by atoms with Crippen molar-refractivity contribution < 1.29 is 14.4 Å². The van der Waals surface area contributed by atoms with Crippen LogP contribution in [0, 0.1) is 5.41 Å². The van der Waals surface area contributed by atoms with Crippen LogP contribution in [-0.2, 0) is 15.0 Å².